The largest absolute Gasteiger partial charge is 0.383 e. The highest BCUT2D eigenvalue weighted by atomic mass is 35.5. The third-order valence-corrected chi connectivity index (χ3v) is 8.65. The quantitative estimate of drug-likeness (QED) is 0.257. The maximum Gasteiger partial charge on any atom is 0.243 e. The molecule has 1 saturated heterocycles. The second kappa shape index (κ2) is 12.6. The van der Waals surface area contributed by atoms with Crippen molar-refractivity contribution in [2.24, 2.45) is 0 Å². The molecule has 1 aliphatic heterocycles. The van der Waals surface area contributed by atoms with Crippen molar-refractivity contribution in [3.63, 3.8) is 0 Å². The maximum absolute atomic E-state index is 13.3. The molecule has 3 N–H and O–H groups in total. The van der Waals surface area contributed by atoms with Gasteiger partial charge in [-0.1, -0.05) is 29.6 Å². The number of piperidine rings is 1. The SMILES string of the molecule is O=S(=O)(c1ccc(Cl)cc1)N1CCCCC1CCNc1cccnc1NCCNc1ccc(Cl)cc1. The van der Waals surface area contributed by atoms with Crippen LogP contribution in [0.25, 0.3) is 0 Å². The van der Waals surface area contributed by atoms with E-state index in [2.05, 4.69) is 20.9 Å². The van der Waals surface area contributed by atoms with Gasteiger partial charge in [-0.2, -0.15) is 4.31 Å². The van der Waals surface area contributed by atoms with E-state index in [9.17, 15) is 8.42 Å². The lowest BCUT2D eigenvalue weighted by atomic mass is 10.0. The van der Waals surface area contributed by atoms with Gasteiger partial charge in [-0.15, -0.1) is 0 Å². The zero-order valence-electron chi connectivity index (χ0n) is 20.0. The number of nitrogens with one attached hydrogen (secondary N) is 3. The number of anilines is 3. The molecule has 1 fully saturated rings. The lowest BCUT2D eigenvalue weighted by Crippen LogP contribution is -2.44. The van der Waals surface area contributed by atoms with Gasteiger partial charge < -0.3 is 16.0 Å². The average Bonchev–Trinajstić information content (AvgIpc) is 2.89. The third kappa shape index (κ3) is 7.03. The van der Waals surface area contributed by atoms with Crippen molar-refractivity contribution in [2.45, 2.75) is 36.6 Å². The van der Waals surface area contributed by atoms with E-state index < -0.39 is 10.0 Å². The van der Waals surface area contributed by atoms with Crippen LogP contribution < -0.4 is 16.0 Å². The highest BCUT2D eigenvalue weighted by molar-refractivity contribution is 7.89. The first kappa shape index (κ1) is 26.5. The van der Waals surface area contributed by atoms with Crippen molar-refractivity contribution < 1.29 is 8.42 Å². The van der Waals surface area contributed by atoms with Crippen LogP contribution in [0.1, 0.15) is 25.7 Å². The van der Waals surface area contributed by atoms with Gasteiger partial charge in [-0.25, -0.2) is 13.4 Å². The van der Waals surface area contributed by atoms with Gasteiger partial charge in [0.05, 0.1) is 10.6 Å². The molecule has 7 nitrogen and oxygen atoms in total. The predicted octanol–water partition coefficient (Wildman–Crippen LogP) is 5.96. The van der Waals surface area contributed by atoms with Gasteiger partial charge in [0.25, 0.3) is 0 Å². The van der Waals surface area contributed by atoms with E-state index >= 15 is 0 Å². The standard InChI is InChI=1S/C26H31Cl2N5O2S/c27-20-6-10-22(11-7-20)29-17-18-32-26-25(5-3-15-31-26)30-16-14-23-4-1-2-19-33(23)36(34,35)24-12-8-21(28)9-13-24/h3,5-13,15,23,29-30H,1-2,4,14,16-19H2,(H,31,32). The number of hydrogen-bond acceptors (Lipinski definition) is 6. The van der Waals surface area contributed by atoms with Crippen LogP contribution in [0.3, 0.4) is 0 Å². The third-order valence-electron chi connectivity index (χ3n) is 6.18. The van der Waals surface area contributed by atoms with Crippen molar-refractivity contribution >= 4 is 50.4 Å². The molecule has 4 rings (SSSR count). The first-order chi connectivity index (χ1) is 17.4. The number of aromatic nitrogens is 1. The summed E-state index contributed by atoms with van der Waals surface area (Å²) in [4.78, 5) is 4.75. The number of benzene rings is 2. The highest BCUT2D eigenvalue weighted by Crippen LogP contribution is 2.28. The van der Waals surface area contributed by atoms with E-state index in [4.69, 9.17) is 23.2 Å². The molecule has 36 heavy (non-hydrogen) atoms. The number of sulfonamides is 1. The minimum atomic E-state index is -3.56. The van der Waals surface area contributed by atoms with E-state index in [1.165, 1.54) is 0 Å². The molecule has 3 aromatic rings. The van der Waals surface area contributed by atoms with E-state index in [1.807, 2.05) is 36.4 Å². The summed E-state index contributed by atoms with van der Waals surface area (Å²) in [6.45, 7) is 2.58. The van der Waals surface area contributed by atoms with Crippen molar-refractivity contribution in [2.75, 3.05) is 42.1 Å². The summed E-state index contributed by atoms with van der Waals surface area (Å²) in [5, 5.41) is 11.4. The van der Waals surface area contributed by atoms with Crippen molar-refractivity contribution in [1.29, 1.82) is 0 Å². The smallest absolute Gasteiger partial charge is 0.243 e. The zero-order chi connectivity index (χ0) is 25.4. The summed E-state index contributed by atoms with van der Waals surface area (Å²) >= 11 is 11.9. The van der Waals surface area contributed by atoms with Gasteiger partial charge in [0.1, 0.15) is 5.82 Å². The van der Waals surface area contributed by atoms with Crippen LogP contribution in [-0.4, -0.2) is 49.9 Å². The second-order valence-corrected chi connectivity index (χ2v) is 11.5. The highest BCUT2D eigenvalue weighted by Gasteiger charge is 2.33. The Hall–Kier alpha value is -2.52. The molecule has 0 saturated carbocycles. The lowest BCUT2D eigenvalue weighted by molar-refractivity contribution is 0.244. The summed E-state index contributed by atoms with van der Waals surface area (Å²) in [5.74, 6) is 0.768. The van der Waals surface area contributed by atoms with Gasteiger partial charge in [0.15, 0.2) is 0 Å². The summed E-state index contributed by atoms with van der Waals surface area (Å²) < 4.78 is 28.2. The fourth-order valence-corrected chi connectivity index (χ4v) is 6.31. The van der Waals surface area contributed by atoms with Gasteiger partial charge in [0, 0.05) is 54.2 Å². The van der Waals surface area contributed by atoms with Gasteiger partial charge in [-0.3, -0.25) is 0 Å². The fraction of sp³-hybridized carbons (Fsp3) is 0.346. The molecule has 192 valence electrons. The molecule has 1 atom stereocenters. The summed E-state index contributed by atoms with van der Waals surface area (Å²) in [7, 11) is -3.56. The minimum absolute atomic E-state index is 0.0522. The number of hydrogen-bond donors (Lipinski definition) is 3. The van der Waals surface area contributed by atoms with E-state index in [1.54, 1.807) is 34.8 Å². The normalized spacial score (nSPS) is 16.4. The number of halogens is 2. The summed E-state index contributed by atoms with van der Waals surface area (Å²) in [5.41, 5.74) is 1.90. The Kier molecular flexibility index (Phi) is 9.31. The van der Waals surface area contributed by atoms with Crippen LogP contribution in [0.4, 0.5) is 17.2 Å². The number of nitrogens with zero attached hydrogens (tertiary/aromatic N) is 2. The molecular formula is C26H31Cl2N5O2S. The molecule has 0 aliphatic carbocycles. The zero-order valence-corrected chi connectivity index (χ0v) is 22.3. The molecule has 0 radical (unpaired) electrons. The first-order valence-corrected chi connectivity index (χ1v) is 14.3. The van der Waals surface area contributed by atoms with Crippen LogP contribution in [0, 0.1) is 0 Å². The Morgan fingerprint density at radius 2 is 1.56 bits per heavy atom. The number of pyridine rings is 1. The van der Waals surface area contributed by atoms with Gasteiger partial charge in [-0.05, 0) is 79.9 Å². The number of rotatable bonds is 11. The van der Waals surface area contributed by atoms with Gasteiger partial charge >= 0.3 is 0 Å². The Morgan fingerprint density at radius 3 is 2.31 bits per heavy atom. The van der Waals surface area contributed by atoms with Crippen LogP contribution in [0.15, 0.2) is 71.8 Å². The molecule has 2 heterocycles. The van der Waals surface area contributed by atoms with Crippen LogP contribution in [0.2, 0.25) is 10.0 Å². The Labute approximate surface area is 223 Å². The molecule has 2 aromatic carbocycles. The first-order valence-electron chi connectivity index (χ1n) is 12.1. The fourth-order valence-electron chi connectivity index (χ4n) is 4.34. The Morgan fingerprint density at radius 1 is 0.861 bits per heavy atom. The van der Waals surface area contributed by atoms with Crippen molar-refractivity contribution in [1.82, 2.24) is 9.29 Å². The van der Waals surface area contributed by atoms with Gasteiger partial charge in [0.2, 0.25) is 10.0 Å². The summed E-state index contributed by atoms with van der Waals surface area (Å²) in [6, 6.07) is 17.8. The molecule has 1 aliphatic rings. The van der Waals surface area contributed by atoms with E-state index in [0.717, 1.165) is 43.0 Å². The Bertz CT molecular complexity index is 1220. The molecule has 0 spiro atoms. The molecule has 1 aromatic heterocycles. The second-order valence-electron chi connectivity index (χ2n) is 8.69. The molecular weight excluding hydrogens is 517 g/mol. The molecule has 0 amide bonds. The van der Waals surface area contributed by atoms with Crippen LogP contribution >= 0.6 is 23.2 Å². The van der Waals surface area contributed by atoms with E-state index in [-0.39, 0.29) is 10.9 Å². The topological polar surface area (TPSA) is 86.4 Å². The molecule has 10 heteroatoms. The van der Waals surface area contributed by atoms with Crippen LogP contribution in [-0.2, 0) is 10.0 Å². The van der Waals surface area contributed by atoms with E-state index in [0.29, 0.717) is 36.1 Å². The average molecular weight is 549 g/mol. The summed E-state index contributed by atoms with van der Waals surface area (Å²) in [6.07, 6.45) is 5.21. The van der Waals surface area contributed by atoms with Crippen molar-refractivity contribution in [3.8, 4) is 0 Å². The maximum atomic E-state index is 13.3. The molecule has 1 unspecified atom stereocenters. The minimum Gasteiger partial charge on any atom is -0.383 e. The van der Waals surface area contributed by atoms with Crippen LogP contribution in [0.5, 0.6) is 0 Å². The Balaban J connectivity index is 1.31. The predicted molar refractivity (Wildman–Crippen MR) is 149 cm³/mol. The van der Waals surface area contributed by atoms with Crippen molar-refractivity contribution in [3.05, 3.63) is 76.9 Å². The monoisotopic (exact) mass is 547 g/mol. The molecule has 0 bridgehead atoms. The lowest BCUT2D eigenvalue weighted by Gasteiger charge is -2.35.